The molecule has 1 aliphatic rings. The van der Waals surface area contributed by atoms with Gasteiger partial charge in [0.25, 0.3) is 0 Å². The van der Waals surface area contributed by atoms with Crippen LogP contribution in [0, 0.1) is 25.7 Å². The number of halogens is 1. The van der Waals surface area contributed by atoms with E-state index in [9.17, 15) is 0 Å². The van der Waals surface area contributed by atoms with E-state index >= 15 is 4.39 Å². The van der Waals surface area contributed by atoms with Crippen molar-refractivity contribution in [1.29, 1.82) is 0 Å². The molecular formula is C31H42FN. The van der Waals surface area contributed by atoms with Crippen LogP contribution >= 0.6 is 0 Å². The van der Waals surface area contributed by atoms with Crippen molar-refractivity contribution in [3.8, 4) is 0 Å². The molecule has 178 valence electrons. The molecule has 1 saturated carbocycles. The number of hydrogen-bond donors (Lipinski definition) is 0. The van der Waals surface area contributed by atoms with E-state index in [1.807, 2.05) is 6.20 Å². The first-order valence-corrected chi connectivity index (χ1v) is 12.7. The van der Waals surface area contributed by atoms with Crippen LogP contribution in [-0.2, 0) is 0 Å². The van der Waals surface area contributed by atoms with Gasteiger partial charge in [-0.15, -0.1) is 0 Å². The van der Waals surface area contributed by atoms with Crippen LogP contribution in [0.25, 0.3) is 11.1 Å². The molecule has 0 saturated heterocycles. The Morgan fingerprint density at radius 2 is 1.64 bits per heavy atom. The maximum atomic E-state index is 15.4. The molecule has 1 unspecified atom stereocenters. The summed E-state index contributed by atoms with van der Waals surface area (Å²) in [6, 6.07) is 10.9. The number of rotatable bonds is 7. The molecule has 0 amide bonds. The molecule has 1 fully saturated rings. The second-order valence-corrected chi connectivity index (χ2v) is 10.7. The lowest BCUT2D eigenvalue weighted by Gasteiger charge is -2.31. The Bertz CT molecular complexity index is 1000. The smallest absolute Gasteiger partial charge is 0.111 e. The highest BCUT2D eigenvalue weighted by Gasteiger charge is 2.32. The Hall–Kier alpha value is -2.22. The molecule has 1 aliphatic carbocycles. The van der Waals surface area contributed by atoms with E-state index in [1.165, 1.54) is 28.7 Å². The molecule has 1 nitrogen and oxygen atoms in total. The zero-order valence-corrected chi connectivity index (χ0v) is 21.8. The predicted octanol–water partition coefficient (Wildman–Crippen LogP) is 9.28. The summed E-state index contributed by atoms with van der Waals surface area (Å²) in [5.41, 5.74) is 8.53. The Kier molecular flexibility index (Phi) is 8.32. The van der Waals surface area contributed by atoms with E-state index in [1.54, 1.807) is 0 Å². The minimum absolute atomic E-state index is 0.148. The zero-order valence-electron chi connectivity index (χ0n) is 21.8. The molecule has 0 radical (unpaired) electrons. The predicted molar refractivity (Wildman–Crippen MR) is 141 cm³/mol. The molecule has 0 bridgehead atoms. The zero-order chi connectivity index (χ0) is 24.2. The van der Waals surface area contributed by atoms with E-state index in [0.29, 0.717) is 25.2 Å². The molecule has 33 heavy (non-hydrogen) atoms. The largest absolute Gasteiger partial charge is 0.255 e. The molecule has 1 aromatic heterocycles. The molecule has 1 aromatic carbocycles. The number of pyridine rings is 1. The van der Waals surface area contributed by atoms with Gasteiger partial charge in [-0.2, -0.15) is 0 Å². The van der Waals surface area contributed by atoms with Gasteiger partial charge in [-0.25, -0.2) is 4.39 Å². The summed E-state index contributed by atoms with van der Waals surface area (Å²) in [6.45, 7) is 15.3. The fourth-order valence-electron chi connectivity index (χ4n) is 5.08. The van der Waals surface area contributed by atoms with Gasteiger partial charge in [0.2, 0.25) is 0 Å². The Labute approximate surface area is 201 Å². The monoisotopic (exact) mass is 447 g/mol. The highest BCUT2D eigenvalue weighted by atomic mass is 19.1. The van der Waals surface area contributed by atoms with Crippen LogP contribution in [0.4, 0.5) is 4.39 Å². The summed E-state index contributed by atoms with van der Waals surface area (Å²) in [7, 11) is 0. The van der Waals surface area contributed by atoms with Crippen LogP contribution in [0.5, 0.6) is 0 Å². The molecule has 2 heteroatoms. The number of aryl methyl sites for hydroxylation is 2. The Balaban J connectivity index is 2.00. The maximum Gasteiger partial charge on any atom is 0.111 e. The lowest BCUT2D eigenvalue weighted by atomic mass is 9.79. The number of nitrogens with zero attached hydrogens (tertiary/aromatic N) is 1. The topological polar surface area (TPSA) is 12.9 Å². The molecule has 0 spiro atoms. The third kappa shape index (κ3) is 6.43. The van der Waals surface area contributed by atoms with Crippen molar-refractivity contribution in [3.05, 3.63) is 76.1 Å². The Morgan fingerprint density at radius 1 is 1.00 bits per heavy atom. The minimum Gasteiger partial charge on any atom is -0.255 e. The number of alkyl halides is 1. The van der Waals surface area contributed by atoms with E-state index in [-0.39, 0.29) is 5.92 Å². The third-order valence-corrected chi connectivity index (χ3v) is 7.48. The summed E-state index contributed by atoms with van der Waals surface area (Å²) in [6.07, 6.45) is 9.48. The standard InChI is InChI=1S/C31H42FN/c1-21(2)25(6)26(7)28-18-24(5)30(33-20-28)29(27-13-11-22(3)12-14-27)17-23(4)19-31(32)15-9-8-10-16-31/h11-14,17-18,20-21,23H,8-10,15-16,19H2,1-7H3/b26-25+,29-17-. The number of hydrogen-bond acceptors (Lipinski definition) is 1. The summed E-state index contributed by atoms with van der Waals surface area (Å²) >= 11 is 0. The number of benzene rings is 1. The van der Waals surface area contributed by atoms with Crippen LogP contribution < -0.4 is 0 Å². The second kappa shape index (κ2) is 10.8. The van der Waals surface area contributed by atoms with Gasteiger partial charge in [-0.3, -0.25) is 4.98 Å². The van der Waals surface area contributed by atoms with Crippen molar-refractivity contribution < 1.29 is 4.39 Å². The van der Waals surface area contributed by atoms with Crippen molar-refractivity contribution in [2.45, 2.75) is 92.7 Å². The molecule has 2 aromatic rings. The van der Waals surface area contributed by atoms with Crippen LogP contribution in [0.3, 0.4) is 0 Å². The molecule has 3 rings (SSSR count). The molecule has 0 N–H and O–H groups in total. The van der Waals surface area contributed by atoms with Gasteiger partial charge in [-0.1, -0.05) is 81.5 Å². The highest BCUT2D eigenvalue weighted by molar-refractivity contribution is 5.80. The summed E-state index contributed by atoms with van der Waals surface area (Å²) < 4.78 is 15.4. The lowest BCUT2D eigenvalue weighted by Crippen LogP contribution is -2.28. The van der Waals surface area contributed by atoms with Crippen LogP contribution in [-0.4, -0.2) is 10.7 Å². The van der Waals surface area contributed by atoms with Crippen molar-refractivity contribution in [2.75, 3.05) is 0 Å². The van der Waals surface area contributed by atoms with Crippen molar-refractivity contribution in [3.63, 3.8) is 0 Å². The fraction of sp³-hybridized carbons (Fsp3) is 0.516. The van der Waals surface area contributed by atoms with Gasteiger partial charge >= 0.3 is 0 Å². The van der Waals surface area contributed by atoms with E-state index < -0.39 is 5.67 Å². The minimum atomic E-state index is -1.02. The summed E-state index contributed by atoms with van der Waals surface area (Å²) in [5, 5.41) is 0. The average Bonchev–Trinajstić information content (AvgIpc) is 2.77. The van der Waals surface area contributed by atoms with E-state index in [4.69, 9.17) is 4.98 Å². The maximum absolute atomic E-state index is 15.4. The highest BCUT2D eigenvalue weighted by Crippen LogP contribution is 2.38. The molecule has 0 aliphatic heterocycles. The van der Waals surface area contributed by atoms with Gasteiger partial charge in [0, 0.05) is 11.8 Å². The number of aromatic nitrogens is 1. The fourth-order valence-corrected chi connectivity index (χ4v) is 5.08. The quantitative estimate of drug-likeness (QED) is 0.412. The lowest BCUT2D eigenvalue weighted by molar-refractivity contribution is 0.0855. The van der Waals surface area contributed by atoms with Gasteiger partial charge in [0.1, 0.15) is 5.67 Å². The molecular weight excluding hydrogens is 405 g/mol. The number of allylic oxidation sites excluding steroid dienone is 3. The summed E-state index contributed by atoms with van der Waals surface area (Å²) in [4.78, 5) is 4.96. The normalized spacial score (nSPS) is 18.3. The Morgan fingerprint density at radius 3 is 2.21 bits per heavy atom. The van der Waals surface area contributed by atoms with Gasteiger partial charge in [0.15, 0.2) is 0 Å². The van der Waals surface area contributed by atoms with Crippen molar-refractivity contribution in [1.82, 2.24) is 4.98 Å². The SMILES string of the molecule is C/C(=C(/C)C(C)C)c1cnc(/C(=C\C(C)CC2(F)CCCCC2)c2ccc(C)cc2)c(C)c1. The molecule has 1 heterocycles. The first-order chi connectivity index (χ1) is 15.6. The van der Waals surface area contributed by atoms with Crippen LogP contribution in [0.1, 0.15) is 101 Å². The van der Waals surface area contributed by atoms with E-state index in [0.717, 1.165) is 35.2 Å². The first kappa shape index (κ1) is 25.4. The van der Waals surface area contributed by atoms with Crippen LogP contribution in [0.15, 0.2) is 48.2 Å². The average molecular weight is 448 g/mol. The third-order valence-electron chi connectivity index (χ3n) is 7.48. The van der Waals surface area contributed by atoms with Gasteiger partial charge < -0.3 is 0 Å². The van der Waals surface area contributed by atoms with Gasteiger partial charge in [0.05, 0.1) is 5.69 Å². The molecule has 1 atom stereocenters. The van der Waals surface area contributed by atoms with Crippen LogP contribution in [0.2, 0.25) is 0 Å². The van der Waals surface area contributed by atoms with Crippen molar-refractivity contribution in [2.24, 2.45) is 11.8 Å². The van der Waals surface area contributed by atoms with Gasteiger partial charge in [-0.05, 0) is 87.1 Å². The van der Waals surface area contributed by atoms with E-state index in [2.05, 4.69) is 84.9 Å². The summed E-state index contributed by atoms with van der Waals surface area (Å²) in [5.74, 6) is 0.664. The van der Waals surface area contributed by atoms with Crippen molar-refractivity contribution >= 4 is 11.1 Å². The first-order valence-electron chi connectivity index (χ1n) is 12.7. The second-order valence-electron chi connectivity index (χ2n) is 10.7.